The van der Waals surface area contributed by atoms with Gasteiger partial charge in [-0.15, -0.1) is 24.8 Å². The van der Waals surface area contributed by atoms with Crippen LogP contribution in [-0.4, -0.2) is 31.1 Å². The summed E-state index contributed by atoms with van der Waals surface area (Å²) in [5, 5.41) is 3.48. The average Bonchev–Trinajstić information content (AvgIpc) is 2.51. The van der Waals surface area contributed by atoms with Gasteiger partial charge in [0.2, 0.25) is 0 Å². The maximum Gasteiger partial charge on any atom is 0.0354 e. The molecule has 1 aliphatic heterocycles. The summed E-state index contributed by atoms with van der Waals surface area (Å²) in [5.41, 5.74) is 9.11. The lowest BCUT2D eigenvalue weighted by Gasteiger charge is -2.37. The van der Waals surface area contributed by atoms with Crippen molar-refractivity contribution >= 4 is 24.8 Å². The van der Waals surface area contributed by atoms with Crippen LogP contribution in [0.25, 0.3) is 0 Å². The molecule has 0 unspecified atom stereocenters. The first-order valence-corrected chi connectivity index (χ1v) is 8.50. The molecule has 1 heterocycles. The van der Waals surface area contributed by atoms with Gasteiger partial charge >= 0.3 is 0 Å². The molecule has 1 N–H and O–H groups in total. The lowest BCUT2D eigenvalue weighted by atomic mass is 9.84. The summed E-state index contributed by atoms with van der Waals surface area (Å²) in [4.78, 5) is 2.70. The molecule has 1 aromatic carbocycles. The lowest BCUT2D eigenvalue weighted by Crippen LogP contribution is -2.45. The SMILES string of the molecule is CCC[C@H](c1c(C)c(C)c(C)c(C)c1C)N1CCNCC1.Cl.Cl. The van der Waals surface area contributed by atoms with Crippen molar-refractivity contribution < 1.29 is 0 Å². The Morgan fingerprint density at radius 3 is 1.70 bits per heavy atom. The van der Waals surface area contributed by atoms with Gasteiger partial charge in [-0.3, -0.25) is 4.90 Å². The third-order valence-corrected chi connectivity index (χ3v) is 5.55. The van der Waals surface area contributed by atoms with Crippen molar-refractivity contribution in [3.8, 4) is 0 Å². The van der Waals surface area contributed by atoms with Crippen LogP contribution >= 0.6 is 24.8 Å². The van der Waals surface area contributed by atoms with E-state index in [9.17, 15) is 0 Å². The van der Waals surface area contributed by atoms with E-state index in [0.29, 0.717) is 6.04 Å². The average molecular weight is 361 g/mol. The number of nitrogens with zero attached hydrogens (tertiary/aromatic N) is 1. The molecule has 0 bridgehead atoms. The summed E-state index contributed by atoms with van der Waals surface area (Å²) < 4.78 is 0. The smallest absolute Gasteiger partial charge is 0.0354 e. The first kappa shape index (κ1) is 22.7. The number of nitrogens with one attached hydrogen (secondary N) is 1. The summed E-state index contributed by atoms with van der Waals surface area (Å²) in [6.45, 7) is 18.4. The van der Waals surface area contributed by atoms with Crippen LogP contribution < -0.4 is 5.32 Å². The molecule has 1 aliphatic rings. The van der Waals surface area contributed by atoms with Crippen LogP contribution in [0.3, 0.4) is 0 Å². The van der Waals surface area contributed by atoms with Gasteiger partial charge < -0.3 is 5.32 Å². The molecule has 1 fully saturated rings. The first-order valence-electron chi connectivity index (χ1n) is 8.50. The second kappa shape index (κ2) is 9.88. The van der Waals surface area contributed by atoms with Gasteiger partial charge in [0.25, 0.3) is 0 Å². The van der Waals surface area contributed by atoms with Gasteiger partial charge in [-0.2, -0.15) is 0 Å². The fourth-order valence-corrected chi connectivity index (χ4v) is 3.81. The Labute approximate surface area is 155 Å². The number of hydrogen-bond acceptors (Lipinski definition) is 2. The fraction of sp³-hybridized carbons (Fsp3) is 0.684. The molecule has 0 spiro atoms. The van der Waals surface area contributed by atoms with Gasteiger partial charge in [0.1, 0.15) is 0 Å². The van der Waals surface area contributed by atoms with Crippen molar-refractivity contribution in [2.45, 2.75) is 60.4 Å². The molecule has 0 aliphatic carbocycles. The zero-order valence-electron chi connectivity index (χ0n) is 15.6. The molecule has 2 rings (SSSR count). The van der Waals surface area contributed by atoms with Crippen molar-refractivity contribution in [1.82, 2.24) is 10.2 Å². The van der Waals surface area contributed by atoms with Crippen LogP contribution in [0.1, 0.15) is 59.2 Å². The standard InChI is InChI=1S/C19H32N2.2ClH/c1-7-8-18(21-11-9-20-10-12-21)19-16(5)14(3)13(2)15(4)17(19)6;;/h18,20H,7-12H2,1-6H3;2*1H/t18-;;/m1../s1. The Balaban J connectivity index is 0.00000242. The maximum absolute atomic E-state index is 3.48. The van der Waals surface area contributed by atoms with Gasteiger partial charge in [-0.05, 0) is 74.4 Å². The van der Waals surface area contributed by atoms with Crippen LogP contribution in [0.15, 0.2) is 0 Å². The first-order chi connectivity index (χ1) is 9.99. The Morgan fingerprint density at radius 2 is 1.26 bits per heavy atom. The molecule has 0 saturated carbocycles. The minimum absolute atomic E-state index is 0. The van der Waals surface area contributed by atoms with E-state index in [4.69, 9.17) is 0 Å². The molecule has 134 valence electrons. The van der Waals surface area contributed by atoms with Gasteiger partial charge in [-0.1, -0.05) is 13.3 Å². The zero-order valence-corrected chi connectivity index (χ0v) is 17.2. The summed E-state index contributed by atoms with van der Waals surface area (Å²) in [5.74, 6) is 0. The van der Waals surface area contributed by atoms with Gasteiger partial charge in [0, 0.05) is 32.2 Å². The van der Waals surface area contributed by atoms with E-state index in [1.807, 2.05) is 0 Å². The largest absolute Gasteiger partial charge is 0.314 e. The summed E-state index contributed by atoms with van der Waals surface area (Å²) >= 11 is 0. The van der Waals surface area contributed by atoms with E-state index in [0.717, 1.165) is 13.1 Å². The van der Waals surface area contributed by atoms with E-state index in [-0.39, 0.29) is 24.8 Å². The highest BCUT2D eigenvalue weighted by Crippen LogP contribution is 2.35. The predicted octanol–water partition coefficient (Wildman–Crippen LogP) is 4.82. The van der Waals surface area contributed by atoms with Crippen LogP contribution in [0.4, 0.5) is 0 Å². The molecule has 0 aromatic heterocycles. The minimum atomic E-state index is 0. The summed E-state index contributed by atoms with van der Waals surface area (Å²) in [6.07, 6.45) is 2.52. The Morgan fingerprint density at radius 1 is 0.826 bits per heavy atom. The Bertz CT molecular complexity index is 480. The van der Waals surface area contributed by atoms with Crippen molar-refractivity contribution in [1.29, 1.82) is 0 Å². The highest BCUT2D eigenvalue weighted by molar-refractivity contribution is 5.85. The Kier molecular flexibility index (Phi) is 9.76. The van der Waals surface area contributed by atoms with Crippen LogP contribution in [0.5, 0.6) is 0 Å². The van der Waals surface area contributed by atoms with Crippen molar-refractivity contribution in [3.05, 3.63) is 33.4 Å². The quantitative estimate of drug-likeness (QED) is 0.827. The predicted molar refractivity (Wildman–Crippen MR) is 107 cm³/mol. The van der Waals surface area contributed by atoms with E-state index >= 15 is 0 Å². The minimum Gasteiger partial charge on any atom is -0.314 e. The third kappa shape index (κ3) is 4.63. The van der Waals surface area contributed by atoms with E-state index in [1.165, 1.54) is 53.7 Å². The number of hydrogen-bond donors (Lipinski definition) is 1. The highest BCUT2D eigenvalue weighted by Gasteiger charge is 2.26. The van der Waals surface area contributed by atoms with Crippen LogP contribution in [0, 0.1) is 34.6 Å². The van der Waals surface area contributed by atoms with Crippen molar-refractivity contribution in [2.75, 3.05) is 26.2 Å². The molecule has 1 aromatic rings. The third-order valence-electron chi connectivity index (χ3n) is 5.55. The van der Waals surface area contributed by atoms with Gasteiger partial charge in [0.05, 0.1) is 0 Å². The lowest BCUT2D eigenvalue weighted by molar-refractivity contribution is 0.163. The molecule has 0 amide bonds. The monoisotopic (exact) mass is 360 g/mol. The molecular formula is C19H34Cl2N2. The molecular weight excluding hydrogens is 327 g/mol. The number of benzene rings is 1. The molecule has 1 atom stereocenters. The van der Waals surface area contributed by atoms with Crippen LogP contribution in [0.2, 0.25) is 0 Å². The molecule has 23 heavy (non-hydrogen) atoms. The topological polar surface area (TPSA) is 15.3 Å². The van der Waals surface area contributed by atoms with Crippen molar-refractivity contribution in [2.24, 2.45) is 0 Å². The number of piperazine rings is 1. The second-order valence-corrected chi connectivity index (χ2v) is 6.63. The maximum atomic E-state index is 3.48. The van der Waals surface area contributed by atoms with Crippen molar-refractivity contribution in [3.63, 3.8) is 0 Å². The Hall–Kier alpha value is -0.280. The number of halogens is 2. The summed E-state index contributed by atoms with van der Waals surface area (Å²) in [6, 6.07) is 0.593. The highest BCUT2D eigenvalue weighted by atomic mass is 35.5. The summed E-state index contributed by atoms with van der Waals surface area (Å²) in [7, 11) is 0. The van der Waals surface area contributed by atoms with Gasteiger partial charge in [0.15, 0.2) is 0 Å². The zero-order chi connectivity index (χ0) is 15.6. The van der Waals surface area contributed by atoms with E-state index in [1.54, 1.807) is 5.56 Å². The fourth-order valence-electron chi connectivity index (χ4n) is 3.81. The molecule has 2 nitrogen and oxygen atoms in total. The molecule has 4 heteroatoms. The van der Waals surface area contributed by atoms with Crippen LogP contribution in [-0.2, 0) is 0 Å². The van der Waals surface area contributed by atoms with E-state index < -0.39 is 0 Å². The second-order valence-electron chi connectivity index (χ2n) is 6.63. The number of rotatable bonds is 4. The normalized spacial score (nSPS) is 16.4. The molecule has 0 radical (unpaired) electrons. The van der Waals surface area contributed by atoms with Gasteiger partial charge in [-0.25, -0.2) is 0 Å². The van der Waals surface area contributed by atoms with E-state index in [2.05, 4.69) is 51.8 Å². The molecule has 1 saturated heterocycles.